The first kappa shape index (κ1) is 28.7. The molecule has 1 aromatic carbocycles. The number of hydrogen-bond donors (Lipinski definition) is 5. The number of aryl methyl sites for hydroxylation is 1. The van der Waals surface area contributed by atoms with Gasteiger partial charge in [0, 0.05) is 0 Å². The molecule has 2 aliphatic rings. The highest BCUT2D eigenvalue weighted by Gasteiger charge is 2.59. The fraction of sp³-hybridized carbons (Fsp3) is 0.625. The van der Waals surface area contributed by atoms with Crippen molar-refractivity contribution in [2.45, 2.75) is 76.7 Å². The van der Waals surface area contributed by atoms with E-state index in [1.807, 2.05) is 0 Å². The number of benzene rings is 1. The lowest BCUT2D eigenvalue weighted by Crippen LogP contribution is -2.56. The van der Waals surface area contributed by atoms with Gasteiger partial charge in [0.1, 0.15) is 6.04 Å². The minimum atomic E-state index is -4.38. The molecule has 0 aliphatic heterocycles. The molecule has 4 atom stereocenters. The van der Waals surface area contributed by atoms with Crippen molar-refractivity contribution >= 4 is 28.0 Å². The van der Waals surface area contributed by atoms with Crippen molar-refractivity contribution in [3.8, 4) is 0 Å². The third-order valence-corrected chi connectivity index (χ3v) is 8.35. The van der Waals surface area contributed by atoms with E-state index in [0.29, 0.717) is 25.2 Å². The number of fused-ring (bicyclic) bond motifs is 3. The molecule has 0 aromatic heterocycles. The van der Waals surface area contributed by atoms with Crippen molar-refractivity contribution in [3.05, 3.63) is 34.9 Å². The maximum absolute atomic E-state index is 12.2. The molecule has 196 valence electrons. The summed E-state index contributed by atoms with van der Waals surface area (Å²) in [4.78, 5) is 32.1. The second-order valence-electron chi connectivity index (χ2n) is 10.2. The van der Waals surface area contributed by atoms with Crippen LogP contribution in [0.4, 0.5) is 0 Å². The third-order valence-electron chi connectivity index (χ3n) is 7.47. The number of primary amides is 1. The number of aliphatic carboxylic acids is 2. The van der Waals surface area contributed by atoms with Crippen molar-refractivity contribution < 1.29 is 37.6 Å². The minimum Gasteiger partial charge on any atom is -0.481 e. The number of nitrogens with two attached hydrogens (primary N) is 2. The number of amides is 1. The van der Waals surface area contributed by atoms with E-state index < -0.39 is 45.2 Å². The Morgan fingerprint density at radius 3 is 2.26 bits per heavy atom. The van der Waals surface area contributed by atoms with Crippen LogP contribution in [-0.2, 0) is 36.3 Å². The van der Waals surface area contributed by atoms with Gasteiger partial charge in [-0.25, -0.2) is 0 Å². The van der Waals surface area contributed by atoms with Crippen molar-refractivity contribution in [2.75, 3.05) is 5.75 Å². The smallest absolute Gasteiger partial charge is 0.321 e. The van der Waals surface area contributed by atoms with E-state index in [4.69, 9.17) is 10.8 Å². The van der Waals surface area contributed by atoms with Gasteiger partial charge in [0.05, 0.1) is 17.6 Å². The summed E-state index contributed by atoms with van der Waals surface area (Å²) >= 11 is 0. The monoisotopic (exact) mass is 512 g/mol. The zero-order chi connectivity index (χ0) is 26.8. The summed E-state index contributed by atoms with van der Waals surface area (Å²) in [5.74, 6) is -3.60. The Bertz CT molecular complexity index is 1090. The highest BCUT2D eigenvalue weighted by atomic mass is 32.2. The van der Waals surface area contributed by atoms with Crippen LogP contribution in [0.15, 0.2) is 18.2 Å². The van der Waals surface area contributed by atoms with Gasteiger partial charge in [0.25, 0.3) is 10.1 Å². The first-order chi connectivity index (χ1) is 16.0. The van der Waals surface area contributed by atoms with Crippen LogP contribution in [0.5, 0.6) is 0 Å². The van der Waals surface area contributed by atoms with Crippen LogP contribution in [0.1, 0.15) is 75.5 Å². The molecular formula is C24H36N2O8S. The van der Waals surface area contributed by atoms with E-state index in [0.717, 1.165) is 18.4 Å². The quantitative estimate of drug-likeness (QED) is 0.339. The van der Waals surface area contributed by atoms with Crippen LogP contribution in [-0.4, -0.2) is 52.8 Å². The lowest BCUT2D eigenvalue weighted by atomic mass is 9.49. The molecule has 1 aromatic rings. The second-order valence-corrected chi connectivity index (χ2v) is 11.7. The molecule has 1 saturated carbocycles. The molecule has 1 amide bonds. The van der Waals surface area contributed by atoms with Crippen LogP contribution < -0.4 is 11.5 Å². The molecule has 11 heteroatoms. The molecule has 0 heterocycles. The summed E-state index contributed by atoms with van der Waals surface area (Å²) in [6, 6.07) is 5.28. The maximum Gasteiger partial charge on any atom is 0.321 e. The van der Waals surface area contributed by atoms with E-state index in [2.05, 4.69) is 44.7 Å². The van der Waals surface area contributed by atoms with Gasteiger partial charge in [-0.05, 0) is 59.6 Å². The van der Waals surface area contributed by atoms with Gasteiger partial charge in [-0.2, -0.15) is 8.42 Å². The Balaban J connectivity index is 0.000000410. The lowest BCUT2D eigenvalue weighted by Gasteiger charge is -2.54. The predicted molar refractivity (Wildman–Crippen MR) is 129 cm³/mol. The number of carbonyl (C=O) groups excluding carboxylic acids is 1. The Hall–Kier alpha value is -2.50. The van der Waals surface area contributed by atoms with E-state index in [1.165, 1.54) is 11.1 Å². The average Bonchev–Trinajstić information content (AvgIpc) is 2.71. The van der Waals surface area contributed by atoms with Crippen molar-refractivity contribution in [3.63, 3.8) is 0 Å². The molecule has 0 radical (unpaired) electrons. The first-order valence-electron chi connectivity index (χ1n) is 11.6. The summed E-state index contributed by atoms with van der Waals surface area (Å²) in [7, 11) is -4.38. The van der Waals surface area contributed by atoms with E-state index in [9.17, 15) is 32.5 Å². The standard InChI is InChI=1S/C20H28O5S.C4H8N2O3/c1-13(2)14-5-7-16-15(11-14)6-8-17-19(16,3)9-4-10-20(17,18(21)22)12-26(23,24)25;5-2(4(8)9)1-3(6)7/h5,7,11,13,17H,4,6,8-10,12H2,1-3H3,(H,21,22)(H,23,24,25);2H,1,5H2,(H2,6,7)(H,8,9)/t17-,19-,20-;2-/m10/s1. The molecule has 3 rings (SSSR count). The molecule has 0 saturated heterocycles. The number of hydrogen-bond acceptors (Lipinski definition) is 6. The molecular weight excluding hydrogens is 476 g/mol. The highest BCUT2D eigenvalue weighted by Crippen LogP contribution is 2.58. The van der Waals surface area contributed by atoms with Gasteiger partial charge < -0.3 is 21.7 Å². The van der Waals surface area contributed by atoms with E-state index in [1.54, 1.807) is 0 Å². The molecule has 35 heavy (non-hydrogen) atoms. The maximum atomic E-state index is 12.2. The normalized spacial score (nSPS) is 26.5. The Morgan fingerprint density at radius 1 is 1.17 bits per heavy atom. The molecule has 1 fully saturated rings. The highest BCUT2D eigenvalue weighted by molar-refractivity contribution is 7.85. The predicted octanol–water partition coefficient (Wildman–Crippen LogP) is 2.05. The van der Waals surface area contributed by atoms with Crippen molar-refractivity contribution in [1.82, 2.24) is 0 Å². The number of carboxylic acid groups (broad SMARTS) is 2. The Kier molecular flexibility index (Phi) is 8.73. The minimum absolute atomic E-state index is 0.293. The summed E-state index contributed by atoms with van der Waals surface area (Å²) in [5, 5.41) is 18.1. The SMILES string of the molecule is CC(C)c1ccc2c(c1)CC[C@H]1[C@@](CS(=O)(=O)O)(C(=O)O)CCC[C@]21C.NC(=O)C[C@H](N)C(=O)O. The Labute approximate surface area is 205 Å². The van der Waals surface area contributed by atoms with Gasteiger partial charge >= 0.3 is 11.9 Å². The summed E-state index contributed by atoms with van der Waals surface area (Å²) < 4.78 is 32.8. The second kappa shape index (κ2) is 10.6. The van der Waals surface area contributed by atoms with Crippen LogP contribution in [0.25, 0.3) is 0 Å². The van der Waals surface area contributed by atoms with Crippen molar-refractivity contribution in [1.29, 1.82) is 0 Å². The van der Waals surface area contributed by atoms with Crippen LogP contribution in [0.3, 0.4) is 0 Å². The molecule has 0 spiro atoms. The number of carboxylic acids is 2. The summed E-state index contributed by atoms with van der Waals surface area (Å²) in [5.41, 5.74) is 11.4. The zero-order valence-corrected chi connectivity index (χ0v) is 21.2. The largest absolute Gasteiger partial charge is 0.481 e. The van der Waals surface area contributed by atoms with Gasteiger partial charge in [-0.15, -0.1) is 0 Å². The van der Waals surface area contributed by atoms with Crippen LogP contribution >= 0.6 is 0 Å². The van der Waals surface area contributed by atoms with Gasteiger partial charge in [-0.1, -0.05) is 45.4 Å². The average molecular weight is 513 g/mol. The topological polar surface area (TPSA) is 198 Å². The third kappa shape index (κ3) is 6.39. The van der Waals surface area contributed by atoms with Crippen LogP contribution in [0.2, 0.25) is 0 Å². The van der Waals surface area contributed by atoms with Gasteiger partial charge in [0.15, 0.2) is 0 Å². The number of carbonyl (C=O) groups is 3. The molecule has 2 aliphatic carbocycles. The fourth-order valence-corrected chi connectivity index (χ4v) is 6.92. The zero-order valence-electron chi connectivity index (χ0n) is 20.4. The molecule has 0 bridgehead atoms. The molecule has 10 nitrogen and oxygen atoms in total. The van der Waals surface area contributed by atoms with Gasteiger partial charge in [-0.3, -0.25) is 18.9 Å². The van der Waals surface area contributed by atoms with Crippen molar-refractivity contribution in [2.24, 2.45) is 22.8 Å². The fourth-order valence-electron chi connectivity index (χ4n) is 5.80. The summed E-state index contributed by atoms with van der Waals surface area (Å²) in [6.45, 7) is 6.38. The Morgan fingerprint density at radius 2 is 1.80 bits per heavy atom. The lowest BCUT2D eigenvalue weighted by molar-refractivity contribution is -0.157. The molecule has 7 N–H and O–H groups in total. The molecule has 0 unspecified atom stereocenters. The van der Waals surface area contributed by atoms with E-state index in [-0.39, 0.29) is 17.8 Å². The number of rotatable bonds is 7. The van der Waals surface area contributed by atoms with E-state index >= 15 is 0 Å². The summed E-state index contributed by atoms with van der Waals surface area (Å²) in [6.07, 6.45) is 2.84. The van der Waals surface area contributed by atoms with Crippen LogP contribution in [0, 0.1) is 11.3 Å². The first-order valence-corrected chi connectivity index (χ1v) is 13.2. The van der Waals surface area contributed by atoms with Gasteiger partial charge in [0.2, 0.25) is 5.91 Å².